The fourth-order valence-corrected chi connectivity index (χ4v) is 18.7. The molecule has 6 N–H and O–H groups in total. The zero-order valence-electron chi connectivity index (χ0n) is 40.7. The van der Waals surface area contributed by atoms with Gasteiger partial charge in [-0.2, -0.15) is 0 Å². The molecule has 0 bridgehead atoms. The minimum absolute atomic E-state index is 0.0324. The van der Waals surface area contributed by atoms with Crippen molar-refractivity contribution in [1.82, 2.24) is 5.32 Å². The first-order valence-corrected chi connectivity index (χ1v) is 26.7. The summed E-state index contributed by atoms with van der Waals surface area (Å²) in [5.74, 6) is 3.60. The van der Waals surface area contributed by atoms with E-state index in [1.54, 1.807) is 0 Å². The quantitative estimate of drug-likeness (QED) is 0.0693. The average Bonchev–Trinajstić information content (AvgIpc) is 3.79. The third-order valence-corrected chi connectivity index (χ3v) is 22.2. The molecule has 0 aliphatic heterocycles. The molecule has 1 amide bonds. The molecule has 8 fully saturated rings. The minimum atomic E-state index is -1.19. The standard InChI is InChI=1S/C54H89NO9/c1-31(37-12-14-39-48-41(20-24-53(37,39)5)51(3)22-18-35(56)27-33(51)29-43(48)58)10-16-46(60)55-26-8-7-9-45(50(62)63)64-47(61)17-11-32(2)38-13-15-40-49-42(21-25-54(38,40)6)52(4)23-19-36(57)28-34(52)30-44(49)59/h31-45,48-49,56-59H,7-30H2,1-6H3,(H,55,60)(H,62,63)/t31-,32-,33+,34+,35-,36-,37-,38-,39+,40+,41+,42+,43-,44-,45+,48+,49+,51+,52+,53-,54-/m1/s1. The predicted octanol–water partition coefficient (Wildman–Crippen LogP) is 9.08. The van der Waals surface area contributed by atoms with Crippen molar-refractivity contribution in [1.29, 1.82) is 0 Å². The van der Waals surface area contributed by atoms with Crippen molar-refractivity contribution in [3.8, 4) is 0 Å². The number of aliphatic carboxylic acids is 1. The summed E-state index contributed by atoms with van der Waals surface area (Å²) in [5, 5.41) is 57.1. The summed E-state index contributed by atoms with van der Waals surface area (Å²) < 4.78 is 5.57. The Morgan fingerprint density at radius 2 is 1.03 bits per heavy atom. The van der Waals surface area contributed by atoms with E-state index < -0.39 is 18.0 Å². The molecule has 10 nitrogen and oxygen atoms in total. The second-order valence-electron chi connectivity index (χ2n) is 25.1. The molecule has 0 aromatic carbocycles. The first kappa shape index (κ1) is 48.7. The van der Waals surface area contributed by atoms with Crippen LogP contribution in [-0.2, 0) is 19.1 Å². The van der Waals surface area contributed by atoms with E-state index in [1.807, 2.05) is 0 Å². The first-order valence-electron chi connectivity index (χ1n) is 26.7. The van der Waals surface area contributed by atoms with Crippen molar-refractivity contribution in [2.45, 2.75) is 220 Å². The Kier molecular flexibility index (Phi) is 14.4. The minimum Gasteiger partial charge on any atom is -0.479 e. The fraction of sp³-hybridized carbons (Fsp3) is 0.944. The number of carbonyl (C=O) groups is 3. The summed E-state index contributed by atoms with van der Waals surface area (Å²) in [7, 11) is 0. The van der Waals surface area contributed by atoms with Crippen molar-refractivity contribution < 1.29 is 44.7 Å². The first-order chi connectivity index (χ1) is 30.3. The van der Waals surface area contributed by atoms with Crippen LogP contribution < -0.4 is 5.32 Å². The van der Waals surface area contributed by atoms with E-state index in [2.05, 4.69) is 46.9 Å². The number of rotatable bonds is 15. The molecule has 0 radical (unpaired) electrons. The number of aliphatic hydroxyl groups excluding tert-OH is 4. The number of ether oxygens (including phenoxy) is 1. The molecule has 0 unspecified atom stereocenters. The Hall–Kier alpha value is -1.75. The van der Waals surface area contributed by atoms with Crippen molar-refractivity contribution >= 4 is 17.8 Å². The van der Waals surface area contributed by atoms with Crippen LogP contribution in [0.25, 0.3) is 0 Å². The highest BCUT2D eigenvalue weighted by Crippen LogP contribution is 2.70. The third-order valence-electron chi connectivity index (χ3n) is 22.2. The number of carbonyl (C=O) groups excluding carboxylic acids is 2. The molecule has 0 heterocycles. The summed E-state index contributed by atoms with van der Waals surface area (Å²) in [4.78, 5) is 38.3. The van der Waals surface area contributed by atoms with Crippen LogP contribution in [0, 0.1) is 92.7 Å². The number of unbranched alkanes of at least 4 members (excludes halogenated alkanes) is 1. The van der Waals surface area contributed by atoms with Gasteiger partial charge in [-0.15, -0.1) is 0 Å². The smallest absolute Gasteiger partial charge is 0.345 e. The highest BCUT2D eigenvalue weighted by molar-refractivity contribution is 5.78. The largest absolute Gasteiger partial charge is 0.479 e. The molecule has 8 aliphatic rings. The molecule has 364 valence electrons. The monoisotopic (exact) mass is 896 g/mol. The van der Waals surface area contributed by atoms with Gasteiger partial charge in [0.2, 0.25) is 5.91 Å². The molecule has 21 atom stereocenters. The highest BCUT2D eigenvalue weighted by Gasteiger charge is 2.64. The van der Waals surface area contributed by atoms with Gasteiger partial charge in [-0.3, -0.25) is 9.59 Å². The Bertz CT molecular complexity index is 1670. The molecule has 10 heteroatoms. The molecule has 8 saturated carbocycles. The molecule has 0 spiro atoms. The molecule has 0 aromatic heterocycles. The highest BCUT2D eigenvalue weighted by atomic mass is 16.6. The Morgan fingerprint density at radius 3 is 1.52 bits per heavy atom. The Labute approximate surface area is 385 Å². The number of carboxylic acids is 1. The van der Waals surface area contributed by atoms with E-state index in [9.17, 15) is 39.9 Å². The number of aliphatic hydroxyl groups is 4. The van der Waals surface area contributed by atoms with Crippen LogP contribution in [0.2, 0.25) is 0 Å². The van der Waals surface area contributed by atoms with Gasteiger partial charge >= 0.3 is 11.9 Å². The lowest BCUT2D eigenvalue weighted by Crippen LogP contribution is -2.58. The van der Waals surface area contributed by atoms with Crippen molar-refractivity contribution in [3.63, 3.8) is 0 Å². The number of carboxylic acid groups (broad SMARTS) is 1. The number of fused-ring (bicyclic) bond motifs is 10. The van der Waals surface area contributed by atoms with Gasteiger partial charge in [-0.05, 0) is 228 Å². The maximum Gasteiger partial charge on any atom is 0.345 e. The van der Waals surface area contributed by atoms with Crippen LogP contribution in [0.1, 0.15) is 189 Å². The number of hydrogen-bond donors (Lipinski definition) is 6. The number of nitrogens with one attached hydrogen (secondary N) is 1. The van der Waals surface area contributed by atoms with Crippen molar-refractivity contribution in [2.24, 2.45) is 92.7 Å². The van der Waals surface area contributed by atoms with Gasteiger partial charge in [0.05, 0.1) is 24.4 Å². The topological polar surface area (TPSA) is 174 Å². The number of esters is 1. The Balaban J connectivity index is 0.733. The maximum atomic E-state index is 13.1. The summed E-state index contributed by atoms with van der Waals surface area (Å²) >= 11 is 0. The molecule has 8 aliphatic carbocycles. The van der Waals surface area contributed by atoms with Gasteiger partial charge in [-0.1, -0.05) is 41.5 Å². The third kappa shape index (κ3) is 8.89. The van der Waals surface area contributed by atoms with E-state index in [-0.39, 0.29) is 70.7 Å². The summed E-state index contributed by atoms with van der Waals surface area (Å²) in [6.45, 7) is 14.9. The normalized spacial score (nSPS) is 47.3. The van der Waals surface area contributed by atoms with Crippen LogP contribution in [0.15, 0.2) is 0 Å². The van der Waals surface area contributed by atoms with Crippen LogP contribution >= 0.6 is 0 Å². The van der Waals surface area contributed by atoms with E-state index in [1.165, 1.54) is 6.42 Å². The van der Waals surface area contributed by atoms with E-state index in [0.29, 0.717) is 97.3 Å². The number of amides is 1. The maximum absolute atomic E-state index is 13.1. The van der Waals surface area contributed by atoms with E-state index >= 15 is 0 Å². The molecule has 64 heavy (non-hydrogen) atoms. The van der Waals surface area contributed by atoms with Crippen molar-refractivity contribution in [3.05, 3.63) is 0 Å². The van der Waals surface area contributed by atoms with Gasteiger partial charge in [0.15, 0.2) is 6.10 Å². The lowest BCUT2D eigenvalue weighted by molar-refractivity contribution is -0.174. The second-order valence-corrected chi connectivity index (χ2v) is 25.1. The van der Waals surface area contributed by atoms with Gasteiger partial charge in [0, 0.05) is 19.4 Å². The molecule has 8 rings (SSSR count). The van der Waals surface area contributed by atoms with E-state index in [0.717, 1.165) is 103 Å². The van der Waals surface area contributed by atoms with Gasteiger partial charge < -0.3 is 35.6 Å². The lowest BCUT2D eigenvalue weighted by atomic mass is 9.43. The zero-order valence-corrected chi connectivity index (χ0v) is 40.7. The molecule has 0 saturated heterocycles. The zero-order chi connectivity index (χ0) is 45.9. The fourth-order valence-electron chi connectivity index (χ4n) is 18.7. The lowest BCUT2D eigenvalue weighted by Gasteiger charge is -2.62. The molecular weight excluding hydrogens is 807 g/mol. The summed E-state index contributed by atoms with van der Waals surface area (Å²) in [6.07, 6.45) is 17.6. The van der Waals surface area contributed by atoms with Gasteiger partial charge in [-0.25, -0.2) is 4.79 Å². The number of hydrogen-bond acceptors (Lipinski definition) is 8. The van der Waals surface area contributed by atoms with Crippen LogP contribution in [-0.4, -0.2) is 80.4 Å². The van der Waals surface area contributed by atoms with Crippen LogP contribution in [0.4, 0.5) is 0 Å². The molecular formula is C54H89NO9. The Morgan fingerprint density at radius 1 is 0.578 bits per heavy atom. The second kappa shape index (κ2) is 19.0. The van der Waals surface area contributed by atoms with Crippen LogP contribution in [0.3, 0.4) is 0 Å². The van der Waals surface area contributed by atoms with E-state index in [4.69, 9.17) is 4.74 Å². The van der Waals surface area contributed by atoms with Crippen molar-refractivity contribution in [2.75, 3.05) is 6.54 Å². The summed E-state index contributed by atoms with van der Waals surface area (Å²) in [6, 6.07) is 0. The SMILES string of the molecule is C[C@H](CCC(=O)NCCCC[C@H](OC(=O)CC[C@@H](C)[C@H]1CC[C@H]2[C@@H]3[C@H](O)C[C@@H]4C[C@H](O)CC[C@]4(C)[C@H]3CC[C@]12C)C(=O)O)[C@H]1CC[C@H]2[C@@H]3[C@H](O)C[C@@H]4C[C@H](O)CC[C@]4(C)[C@H]3CC[C@]12C. The van der Waals surface area contributed by atoms with Crippen LogP contribution in [0.5, 0.6) is 0 Å². The average molecular weight is 896 g/mol. The van der Waals surface area contributed by atoms with Gasteiger partial charge in [0.1, 0.15) is 0 Å². The predicted molar refractivity (Wildman–Crippen MR) is 246 cm³/mol. The molecule has 0 aromatic rings. The van der Waals surface area contributed by atoms with Gasteiger partial charge in [0.25, 0.3) is 0 Å². The summed E-state index contributed by atoms with van der Waals surface area (Å²) in [5.41, 5.74) is 0.706.